The largest absolute Gasteiger partial charge is 0.388 e. The molecule has 0 saturated carbocycles. The Hall–Kier alpha value is -1.24. The van der Waals surface area contributed by atoms with E-state index in [4.69, 9.17) is 4.74 Å². The molecule has 1 aromatic heterocycles. The van der Waals surface area contributed by atoms with Crippen LogP contribution >= 0.6 is 0 Å². The molecule has 6 heteroatoms. The average molecular weight is 363 g/mol. The van der Waals surface area contributed by atoms with Gasteiger partial charge in [-0.05, 0) is 19.8 Å². The normalized spacial score (nSPS) is 26.9. The molecule has 0 aliphatic carbocycles. The first-order valence-corrected chi connectivity index (χ1v) is 9.95. The van der Waals surface area contributed by atoms with Gasteiger partial charge in [0.25, 0.3) is 0 Å². The minimum Gasteiger partial charge on any atom is -0.388 e. The van der Waals surface area contributed by atoms with Gasteiger partial charge in [-0.1, -0.05) is 27.2 Å². The maximum Gasteiger partial charge on any atom is 0.132 e. The molecule has 1 atom stereocenters. The zero-order chi connectivity index (χ0) is 18.8. The summed E-state index contributed by atoms with van der Waals surface area (Å²) in [4.78, 5) is 13.9. The van der Waals surface area contributed by atoms with E-state index in [-0.39, 0.29) is 5.41 Å². The molecule has 146 valence electrons. The monoisotopic (exact) mass is 362 g/mol. The predicted molar refractivity (Wildman–Crippen MR) is 104 cm³/mol. The molecule has 3 rings (SSSR count). The third-order valence-electron chi connectivity index (χ3n) is 5.94. The number of piperidine rings is 1. The van der Waals surface area contributed by atoms with Crippen molar-refractivity contribution in [2.75, 3.05) is 50.8 Å². The average Bonchev–Trinajstić information content (AvgIpc) is 2.58. The quantitative estimate of drug-likeness (QED) is 0.865. The molecule has 26 heavy (non-hydrogen) atoms. The van der Waals surface area contributed by atoms with E-state index in [2.05, 4.69) is 46.6 Å². The highest BCUT2D eigenvalue weighted by atomic mass is 16.5. The molecule has 2 aliphatic rings. The van der Waals surface area contributed by atoms with E-state index >= 15 is 0 Å². The van der Waals surface area contributed by atoms with Crippen LogP contribution in [-0.4, -0.2) is 71.5 Å². The second-order valence-electron chi connectivity index (χ2n) is 8.49. The fourth-order valence-electron chi connectivity index (χ4n) is 4.14. The van der Waals surface area contributed by atoms with E-state index in [1.54, 1.807) is 0 Å². The van der Waals surface area contributed by atoms with E-state index in [0.29, 0.717) is 0 Å². The van der Waals surface area contributed by atoms with Crippen LogP contribution in [0.25, 0.3) is 0 Å². The van der Waals surface area contributed by atoms with Gasteiger partial charge in [-0.2, -0.15) is 0 Å². The molecule has 2 fully saturated rings. The number of hydrogen-bond donors (Lipinski definition) is 1. The second kappa shape index (κ2) is 7.79. The number of ether oxygens (including phenoxy) is 1. The molecule has 2 aliphatic heterocycles. The van der Waals surface area contributed by atoms with Crippen molar-refractivity contribution in [2.45, 2.75) is 52.6 Å². The van der Waals surface area contributed by atoms with Gasteiger partial charge in [0.1, 0.15) is 11.6 Å². The number of aryl methyl sites for hydroxylation is 2. The van der Waals surface area contributed by atoms with Crippen LogP contribution in [0.15, 0.2) is 6.07 Å². The van der Waals surface area contributed by atoms with Crippen molar-refractivity contribution < 1.29 is 9.84 Å². The third-order valence-corrected chi connectivity index (χ3v) is 5.94. The lowest BCUT2D eigenvalue weighted by Crippen LogP contribution is -2.62. The molecule has 0 radical (unpaired) electrons. The lowest BCUT2D eigenvalue weighted by Gasteiger charge is -2.52. The molecule has 0 bridgehead atoms. The lowest BCUT2D eigenvalue weighted by atomic mass is 9.69. The summed E-state index contributed by atoms with van der Waals surface area (Å²) >= 11 is 0. The first kappa shape index (κ1) is 19.5. The zero-order valence-electron chi connectivity index (χ0n) is 16.8. The summed E-state index contributed by atoms with van der Waals surface area (Å²) in [5, 5.41) is 11.5. The Bertz CT molecular complexity index is 616. The van der Waals surface area contributed by atoms with E-state index in [1.165, 1.54) is 0 Å². The minimum absolute atomic E-state index is 0.215. The first-order valence-electron chi connectivity index (χ1n) is 9.95. The molecular formula is C20H34N4O2. The van der Waals surface area contributed by atoms with Crippen molar-refractivity contribution >= 4 is 5.82 Å². The summed E-state index contributed by atoms with van der Waals surface area (Å²) in [6.45, 7) is 14.2. The Labute approximate surface area is 157 Å². The smallest absolute Gasteiger partial charge is 0.132 e. The van der Waals surface area contributed by atoms with Crippen molar-refractivity contribution in [3.05, 3.63) is 17.6 Å². The zero-order valence-corrected chi connectivity index (χ0v) is 16.8. The Kier molecular flexibility index (Phi) is 5.85. The van der Waals surface area contributed by atoms with Crippen LogP contribution < -0.4 is 4.90 Å². The van der Waals surface area contributed by atoms with Gasteiger partial charge in [-0.25, -0.2) is 9.97 Å². The number of rotatable bonds is 5. The summed E-state index contributed by atoms with van der Waals surface area (Å²) in [5.74, 6) is 1.83. The van der Waals surface area contributed by atoms with Crippen molar-refractivity contribution in [2.24, 2.45) is 5.41 Å². The van der Waals surface area contributed by atoms with Crippen LogP contribution in [0.5, 0.6) is 0 Å². The molecule has 0 amide bonds. The molecule has 1 N–H and O–H groups in total. The number of β-amino-alcohol motifs (C(OH)–C–C–N with tert-alkyl or cyclic N) is 1. The number of aromatic nitrogens is 2. The first-order chi connectivity index (χ1) is 12.3. The van der Waals surface area contributed by atoms with Crippen LogP contribution in [0.1, 0.15) is 45.1 Å². The Morgan fingerprint density at radius 3 is 2.58 bits per heavy atom. The fraction of sp³-hybridized carbons (Fsp3) is 0.800. The molecule has 0 unspecified atom stereocenters. The molecule has 6 nitrogen and oxygen atoms in total. The predicted octanol–water partition coefficient (Wildman–Crippen LogP) is 2.04. The summed E-state index contributed by atoms with van der Waals surface area (Å²) in [7, 11) is 0. The summed E-state index contributed by atoms with van der Waals surface area (Å²) in [5.41, 5.74) is 0.213. The number of aliphatic hydroxyl groups is 1. The van der Waals surface area contributed by atoms with Crippen molar-refractivity contribution in [3.63, 3.8) is 0 Å². The summed E-state index contributed by atoms with van der Waals surface area (Å²) in [6.07, 6.45) is 2.82. The molecule has 0 aromatic carbocycles. The third kappa shape index (κ3) is 4.18. The second-order valence-corrected chi connectivity index (χ2v) is 8.49. The Morgan fingerprint density at radius 1 is 1.19 bits per heavy atom. The van der Waals surface area contributed by atoms with Crippen LogP contribution in [0, 0.1) is 12.3 Å². The van der Waals surface area contributed by atoms with Gasteiger partial charge in [0.15, 0.2) is 0 Å². The molecule has 1 aromatic rings. The van der Waals surface area contributed by atoms with Crippen LogP contribution in [0.3, 0.4) is 0 Å². The van der Waals surface area contributed by atoms with Gasteiger partial charge in [0, 0.05) is 49.9 Å². The van der Waals surface area contributed by atoms with E-state index in [1.807, 2.05) is 6.92 Å². The van der Waals surface area contributed by atoms with E-state index in [0.717, 1.165) is 82.5 Å². The minimum atomic E-state index is -0.685. The Morgan fingerprint density at radius 2 is 1.92 bits per heavy atom. The molecular weight excluding hydrogens is 328 g/mol. The summed E-state index contributed by atoms with van der Waals surface area (Å²) < 4.78 is 5.45. The number of nitrogens with zero attached hydrogens (tertiary/aromatic N) is 4. The lowest BCUT2D eigenvalue weighted by molar-refractivity contribution is -0.111. The van der Waals surface area contributed by atoms with E-state index < -0.39 is 5.60 Å². The van der Waals surface area contributed by atoms with Gasteiger partial charge in [0.05, 0.1) is 18.8 Å². The number of hydrogen-bond acceptors (Lipinski definition) is 6. The SMILES string of the molecule is CCCc1cc(N2CC[C@@](O)(CN3CCOCC3)C(C)(C)C2)nc(C)n1. The van der Waals surface area contributed by atoms with Gasteiger partial charge in [-0.15, -0.1) is 0 Å². The van der Waals surface area contributed by atoms with Crippen molar-refractivity contribution in [1.82, 2.24) is 14.9 Å². The standard InChI is InChI=1S/C20H34N4O2/c1-5-6-17-13-18(22-16(2)21-17)24-8-7-20(25,19(3,4)14-24)15-23-9-11-26-12-10-23/h13,25H,5-12,14-15H2,1-4H3/t20-/m1/s1. The highest BCUT2D eigenvalue weighted by Gasteiger charge is 2.48. The highest BCUT2D eigenvalue weighted by Crippen LogP contribution is 2.40. The maximum atomic E-state index is 11.5. The van der Waals surface area contributed by atoms with Crippen molar-refractivity contribution in [3.8, 4) is 0 Å². The van der Waals surface area contributed by atoms with Gasteiger partial charge < -0.3 is 14.7 Å². The molecule has 2 saturated heterocycles. The Balaban J connectivity index is 1.73. The van der Waals surface area contributed by atoms with Crippen LogP contribution in [0.2, 0.25) is 0 Å². The summed E-state index contributed by atoms with van der Waals surface area (Å²) in [6, 6.07) is 2.12. The highest BCUT2D eigenvalue weighted by molar-refractivity contribution is 5.41. The van der Waals surface area contributed by atoms with Gasteiger partial charge >= 0.3 is 0 Å². The van der Waals surface area contributed by atoms with E-state index in [9.17, 15) is 5.11 Å². The molecule has 0 spiro atoms. The fourth-order valence-corrected chi connectivity index (χ4v) is 4.14. The van der Waals surface area contributed by atoms with Gasteiger partial charge in [0.2, 0.25) is 0 Å². The maximum absolute atomic E-state index is 11.5. The molecule has 3 heterocycles. The van der Waals surface area contributed by atoms with Crippen molar-refractivity contribution in [1.29, 1.82) is 0 Å². The van der Waals surface area contributed by atoms with Gasteiger partial charge in [-0.3, -0.25) is 4.90 Å². The topological polar surface area (TPSA) is 61.7 Å². The van der Waals surface area contributed by atoms with Crippen LogP contribution in [-0.2, 0) is 11.2 Å². The van der Waals surface area contributed by atoms with Crippen LogP contribution in [0.4, 0.5) is 5.82 Å². The number of morpholine rings is 1. The number of anilines is 1.